The summed E-state index contributed by atoms with van der Waals surface area (Å²) in [6.07, 6.45) is 0. The first-order valence-corrected chi connectivity index (χ1v) is 2.32. The van der Waals surface area contributed by atoms with E-state index in [4.69, 9.17) is 9.47 Å². The van der Waals surface area contributed by atoms with Crippen LogP contribution in [0.25, 0.3) is 0 Å². The molecule has 0 saturated carbocycles. The van der Waals surface area contributed by atoms with Gasteiger partial charge in [0.15, 0.2) is 0 Å². The van der Waals surface area contributed by atoms with Crippen LogP contribution in [0.1, 0.15) is 0 Å². The minimum Gasteiger partial charge on any atom is -0.350 e. The second-order valence-electron chi connectivity index (χ2n) is 1.52. The molecule has 0 radical (unpaired) electrons. The van der Waals surface area contributed by atoms with Gasteiger partial charge in [-0.05, 0) is 0 Å². The van der Waals surface area contributed by atoms with Crippen molar-refractivity contribution in [1.29, 1.82) is 0 Å². The fourth-order valence-corrected chi connectivity index (χ4v) is 0.489. The SMILES string of the molecule is O=C=C1COCOC1. The largest absolute Gasteiger partial charge is 0.350 e. The van der Waals surface area contributed by atoms with Crippen molar-refractivity contribution in [3.63, 3.8) is 0 Å². The van der Waals surface area contributed by atoms with Crippen molar-refractivity contribution in [3.05, 3.63) is 5.57 Å². The fourth-order valence-electron chi connectivity index (χ4n) is 0.489. The quantitative estimate of drug-likeness (QED) is 0.407. The van der Waals surface area contributed by atoms with E-state index in [1.165, 1.54) is 0 Å². The van der Waals surface area contributed by atoms with E-state index in [2.05, 4.69) is 0 Å². The first kappa shape index (κ1) is 5.51. The highest BCUT2D eigenvalue weighted by atomic mass is 16.7. The molecule has 1 aliphatic heterocycles. The molecule has 0 aromatic carbocycles. The predicted molar refractivity (Wildman–Crippen MR) is 26.0 cm³/mol. The van der Waals surface area contributed by atoms with E-state index in [-0.39, 0.29) is 0 Å². The zero-order valence-corrected chi connectivity index (χ0v) is 4.35. The van der Waals surface area contributed by atoms with Crippen LogP contribution in [0.4, 0.5) is 0 Å². The van der Waals surface area contributed by atoms with Crippen molar-refractivity contribution in [2.24, 2.45) is 0 Å². The van der Waals surface area contributed by atoms with Gasteiger partial charge in [0.1, 0.15) is 12.7 Å². The monoisotopic (exact) mass is 114 g/mol. The van der Waals surface area contributed by atoms with Gasteiger partial charge in [0, 0.05) is 0 Å². The molecule has 1 heterocycles. The minimum absolute atomic E-state index is 0.297. The number of carbonyl (C=O) groups excluding carboxylic acids is 1. The Balaban J connectivity index is 2.45. The lowest BCUT2D eigenvalue weighted by atomic mass is 10.3. The van der Waals surface area contributed by atoms with Crippen LogP contribution in [0.3, 0.4) is 0 Å². The molecular weight excluding hydrogens is 108 g/mol. The summed E-state index contributed by atoms with van der Waals surface area (Å²) in [6, 6.07) is 0. The summed E-state index contributed by atoms with van der Waals surface area (Å²) in [7, 11) is 0. The molecule has 44 valence electrons. The molecule has 0 spiro atoms. The topological polar surface area (TPSA) is 35.5 Å². The van der Waals surface area contributed by atoms with Crippen LogP contribution in [0.2, 0.25) is 0 Å². The molecule has 1 rings (SSSR count). The van der Waals surface area contributed by atoms with E-state index < -0.39 is 0 Å². The molecule has 1 fully saturated rings. The molecule has 8 heavy (non-hydrogen) atoms. The summed E-state index contributed by atoms with van der Waals surface area (Å²) >= 11 is 0. The third kappa shape index (κ3) is 1.17. The second-order valence-corrected chi connectivity index (χ2v) is 1.52. The summed E-state index contributed by atoms with van der Waals surface area (Å²) in [6.45, 7) is 1.05. The number of rotatable bonds is 0. The standard InChI is InChI=1S/C5H6O3/c6-1-5-2-7-4-8-3-5/h2-4H2. The Labute approximate surface area is 46.9 Å². The first-order valence-electron chi connectivity index (χ1n) is 2.32. The predicted octanol–water partition coefficient (Wildman–Crippen LogP) is -0.251. The van der Waals surface area contributed by atoms with Gasteiger partial charge in [0.25, 0.3) is 0 Å². The fraction of sp³-hybridized carbons (Fsp3) is 0.600. The van der Waals surface area contributed by atoms with Crippen LogP contribution >= 0.6 is 0 Å². The summed E-state index contributed by atoms with van der Waals surface area (Å²) in [4.78, 5) is 9.84. The lowest BCUT2D eigenvalue weighted by Gasteiger charge is -2.11. The maximum Gasteiger partial charge on any atom is 0.147 e. The summed E-state index contributed by atoms with van der Waals surface area (Å²) in [5, 5.41) is 0. The van der Waals surface area contributed by atoms with E-state index in [0.29, 0.717) is 25.6 Å². The minimum atomic E-state index is 0.297. The molecule has 3 nitrogen and oxygen atoms in total. The molecule has 0 aromatic rings. The molecule has 0 amide bonds. The number of ether oxygens (including phenoxy) is 2. The van der Waals surface area contributed by atoms with Gasteiger partial charge in [-0.1, -0.05) is 0 Å². The van der Waals surface area contributed by atoms with Gasteiger partial charge in [-0.15, -0.1) is 0 Å². The normalized spacial score (nSPS) is 20.2. The van der Waals surface area contributed by atoms with Crippen LogP contribution in [0.5, 0.6) is 0 Å². The summed E-state index contributed by atoms with van der Waals surface area (Å²) < 4.78 is 9.50. The van der Waals surface area contributed by atoms with Gasteiger partial charge < -0.3 is 9.47 Å². The summed E-state index contributed by atoms with van der Waals surface area (Å²) in [5.41, 5.74) is 0.552. The van der Waals surface area contributed by atoms with Gasteiger partial charge in [-0.25, -0.2) is 4.79 Å². The van der Waals surface area contributed by atoms with Crippen molar-refractivity contribution in [1.82, 2.24) is 0 Å². The zero-order chi connectivity index (χ0) is 5.82. The molecule has 0 aliphatic carbocycles. The highest BCUT2D eigenvalue weighted by molar-refractivity contribution is 5.52. The Morgan fingerprint density at radius 1 is 1.38 bits per heavy atom. The highest BCUT2D eigenvalue weighted by Gasteiger charge is 2.04. The Hall–Kier alpha value is -0.630. The number of hydrogen-bond donors (Lipinski definition) is 0. The Bertz CT molecular complexity index is 116. The smallest absolute Gasteiger partial charge is 0.147 e. The number of hydrogen-bond acceptors (Lipinski definition) is 3. The Morgan fingerprint density at radius 2 is 2.00 bits per heavy atom. The average Bonchev–Trinajstić information content (AvgIpc) is 1.90. The molecule has 3 heteroatoms. The van der Waals surface area contributed by atoms with Crippen LogP contribution in [0, 0.1) is 0 Å². The van der Waals surface area contributed by atoms with Crippen LogP contribution in [-0.4, -0.2) is 25.9 Å². The molecule has 0 bridgehead atoms. The molecule has 0 unspecified atom stereocenters. The highest BCUT2D eigenvalue weighted by Crippen LogP contribution is 1.97. The lowest BCUT2D eigenvalue weighted by molar-refractivity contribution is -0.0682. The van der Waals surface area contributed by atoms with Crippen molar-refractivity contribution in [2.75, 3.05) is 20.0 Å². The van der Waals surface area contributed by atoms with Gasteiger partial charge in [0.05, 0.1) is 18.8 Å². The zero-order valence-electron chi connectivity index (χ0n) is 4.35. The van der Waals surface area contributed by atoms with E-state index in [1.54, 1.807) is 5.94 Å². The maximum atomic E-state index is 9.84. The van der Waals surface area contributed by atoms with E-state index in [9.17, 15) is 4.79 Å². The first-order chi connectivity index (χ1) is 3.93. The molecule has 1 aliphatic rings. The third-order valence-corrected chi connectivity index (χ3v) is 0.864. The lowest BCUT2D eigenvalue weighted by Crippen LogP contribution is -2.15. The van der Waals surface area contributed by atoms with Gasteiger partial charge in [-0.3, -0.25) is 0 Å². The molecule has 1 saturated heterocycles. The van der Waals surface area contributed by atoms with Crippen molar-refractivity contribution in [2.45, 2.75) is 0 Å². The molecule has 0 aromatic heterocycles. The van der Waals surface area contributed by atoms with Crippen LogP contribution in [0.15, 0.2) is 5.57 Å². The van der Waals surface area contributed by atoms with Crippen molar-refractivity contribution < 1.29 is 14.3 Å². The summed E-state index contributed by atoms with van der Waals surface area (Å²) in [5.74, 6) is 1.72. The molecule has 0 N–H and O–H groups in total. The van der Waals surface area contributed by atoms with Gasteiger partial charge >= 0.3 is 0 Å². The van der Waals surface area contributed by atoms with Gasteiger partial charge in [0.2, 0.25) is 0 Å². The third-order valence-electron chi connectivity index (χ3n) is 0.864. The Morgan fingerprint density at radius 3 is 2.38 bits per heavy atom. The van der Waals surface area contributed by atoms with E-state index >= 15 is 0 Å². The Kier molecular flexibility index (Phi) is 1.80. The van der Waals surface area contributed by atoms with Gasteiger partial charge in [-0.2, -0.15) is 0 Å². The van der Waals surface area contributed by atoms with Crippen molar-refractivity contribution >= 4 is 5.94 Å². The van der Waals surface area contributed by atoms with E-state index in [1.807, 2.05) is 0 Å². The average molecular weight is 114 g/mol. The van der Waals surface area contributed by atoms with Crippen molar-refractivity contribution in [3.8, 4) is 0 Å². The molecular formula is C5H6O3. The maximum absolute atomic E-state index is 9.84. The van der Waals surface area contributed by atoms with Crippen LogP contribution in [-0.2, 0) is 14.3 Å². The molecule has 0 atom stereocenters. The second kappa shape index (κ2) is 2.62. The van der Waals surface area contributed by atoms with Crippen LogP contribution < -0.4 is 0 Å². The van der Waals surface area contributed by atoms with E-state index in [0.717, 1.165) is 0 Å².